The van der Waals surface area contributed by atoms with Gasteiger partial charge in [-0.3, -0.25) is 9.63 Å². The minimum absolute atomic E-state index is 0.0133. The molecule has 5 heteroatoms. The molecule has 2 heterocycles. The van der Waals surface area contributed by atoms with E-state index in [2.05, 4.69) is 19.6 Å². The number of ether oxygens (including phenoxy) is 1. The molecule has 0 aromatic carbocycles. The highest BCUT2D eigenvalue weighted by Crippen LogP contribution is 2.56. The maximum atomic E-state index is 12.5. The molecular formula is C16H27NO3Si. The number of hydroxylamine groups is 2. The summed E-state index contributed by atoms with van der Waals surface area (Å²) in [6.07, 6.45) is 8.08. The molecule has 2 saturated heterocycles. The van der Waals surface area contributed by atoms with E-state index >= 15 is 0 Å². The molecule has 0 unspecified atom stereocenters. The lowest BCUT2D eigenvalue weighted by Crippen LogP contribution is -2.47. The van der Waals surface area contributed by atoms with Crippen LogP contribution in [0.4, 0.5) is 0 Å². The highest BCUT2D eigenvalue weighted by Gasteiger charge is 2.66. The van der Waals surface area contributed by atoms with Gasteiger partial charge < -0.3 is 4.74 Å². The van der Waals surface area contributed by atoms with Crippen molar-refractivity contribution in [3.05, 3.63) is 0 Å². The van der Waals surface area contributed by atoms with Gasteiger partial charge in [-0.2, -0.15) is 0 Å². The molecule has 4 aliphatic rings. The minimum atomic E-state index is -1.24. The van der Waals surface area contributed by atoms with Gasteiger partial charge in [-0.15, -0.1) is 5.06 Å². The molecule has 4 nitrogen and oxygen atoms in total. The Balaban J connectivity index is 1.63. The number of hydrogen-bond donors (Lipinski definition) is 0. The van der Waals surface area contributed by atoms with E-state index in [-0.39, 0.29) is 18.1 Å². The van der Waals surface area contributed by atoms with Crippen molar-refractivity contribution in [1.82, 2.24) is 5.06 Å². The molecular weight excluding hydrogens is 282 g/mol. The minimum Gasteiger partial charge on any atom is -0.440 e. The second-order valence-electron chi connectivity index (χ2n) is 8.48. The largest absolute Gasteiger partial charge is 0.440 e. The zero-order chi connectivity index (χ0) is 14.8. The van der Waals surface area contributed by atoms with E-state index in [1.54, 1.807) is 0 Å². The third-order valence-electron chi connectivity index (χ3n) is 6.20. The van der Waals surface area contributed by atoms with Crippen molar-refractivity contribution in [2.45, 2.75) is 88.0 Å². The Kier molecular flexibility index (Phi) is 3.08. The molecule has 118 valence electrons. The second-order valence-corrected chi connectivity index (χ2v) is 14.0. The van der Waals surface area contributed by atoms with Crippen LogP contribution >= 0.6 is 0 Å². The van der Waals surface area contributed by atoms with Crippen molar-refractivity contribution >= 4 is 14.0 Å². The summed E-state index contributed by atoms with van der Waals surface area (Å²) in [6, 6.07) is -0.116. The van der Waals surface area contributed by atoms with Crippen LogP contribution in [0.5, 0.6) is 0 Å². The van der Waals surface area contributed by atoms with Crippen molar-refractivity contribution in [1.29, 1.82) is 0 Å². The fourth-order valence-electron chi connectivity index (χ4n) is 5.12. The van der Waals surface area contributed by atoms with E-state index in [1.165, 1.54) is 12.8 Å². The van der Waals surface area contributed by atoms with Gasteiger partial charge in [-0.05, 0) is 31.2 Å². The average molecular weight is 309 g/mol. The van der Waals surface area contributed by atoms with Crippen molar-refractivity contribution in [2.24, 2.45) is 5.92 Å². The molecule has 2 aliphatic heterocycles. The molecule has 2 aliphatic carbocycles. The predicted octanol–water partition coefficient (Wildman–Crippen LogP) is 3.31. The normalized spacial score (nSPS) is 42.1. The Hall–Kier alpha value is -0.393. The SMILES string of the molecule is C[Si](C)(C)[C@H]1CC[C@H]2[C@@H]1ON1[C@@H]2C(=O)OC12CCCCC2. The first-order chi connectivity index (χ1) is 9.92. The lowest BCUT2D eigenvalue weighted by Gasteiger charge is -2.39. The van der Waals surface area contributed by atoms with Crippen LogP contribution in [0.15, 0.2) is 0 Å². The van der Waals surface area contributed by atoms with Crippen molar-refractivity contribution in [3.8, 4) is 0 Å². The summed E-state index contributed by atoms with van der Waals surface area (Å²) in [5.74, 6) is 0.358. The van der Waals surface area contributed by atoms with Gasteiger partial charge >= 0.3 is 5.97 Å². The molecule has 0 radical (unpaired) electrons. The van der Waals surface area contributed by atoms with Crippen LogP contribution in [0.3, 0.4) is 0 Å². The highest BCUT2D eigenvalue weighted by atomic mass is 28.3. The van der Waals surface area contributed by atoms with E-state index in [1.807, 2.05) is 5.06 Å². The second kappa shape index (κ2) is 4.55. The molecule has 21 heavy (non-hydrogen) atoms. The Morgan fingerprint density at radius 1 is 1.14 bits per heavy atom. The number of fused-ring (bicyclic) bond motifs is 4. The summed E-state index contributed by atoms with van der Waals surface area (Å²) in [6.45, 7) is 7.30. The van der Waals surface area contributed by atoms with Gasteiger partial charge in [0.25, 0.3) is 0 Å². The summed E-state index contributed by atoms with van der Waals surface area (Å²) in [5, 5.41) is 2.02. The summed E-state index contributed by atoms with van der Waals surface area (Å²) >= 11 is 0. The fraction of sp³-hybridized carbons (Fsp3) is 0.938. The lowest BCUT2D eigenvalue weighted by molar-refractivity contribution is -0.270. The van der Waals surface area contributed by atoms with Crippen LogP contribution in [-0.2, 0) is 14.4 Å². The molecule has 0 amide bonds. The number of hydrogen-bond acceptors (Lipinski definition) is 4. The molecule has 0 aromatic heterocycles. The van der Waals surface area contributed by atoms with Crippen LogP contribution < -0.4 is 0 Å². The van der Waals surface area contributed by atoms with Gasteiger partial charge in [0.05, 0.1) is 14.2 Å². The zero-order valence-electron chi connectivity index (χ0n) is 13.4. The lowest BCUT2D eigenvalue weighted by atomic mass is 9.90. The molecule has 0 aromatic rings. The van der Waals surface area contributed by atoms with Crippen molar-refractivity contribution in [3.63, 3.8) is 0 Å². The first kappa shape index (κ1) is 14.2. The number of nitrogens with zero attached hydrogens (tertiary/aromatic N) is 1. The van der Waals surface area contributed by atoms with E-state index in [0.717, 1.165) is 32.1 Å². The van der Waals surface area contributed by atoms with E-state index < -0.39 is 13.8 Å². The molecule has 0 N–H and O–H groups in total. The molecule has 1 spiro atoms. The maximum Gasteiger partial charge on any atom is 0.328 e. The topological polar surface area (TPSA) is 38.8 Å². The van der Waals surface area contributed by atoms with Crippen LogP contribution in [0.25, 0.3) is 0 Å². The first-order valence-corrected chi connectivity index (χ1v) is 12.2. The third kappa shape index (κ3) is 1.97. The standard InChI is InChI=1S/C16H27NO3Si/c1-21(2,3)12-8-7-11-13-15(18)19-16(9-5-4-6-10-16)17(13)20-14(11)12/h11-14H,4-10H2,1-3H3/t11-,12+,13+,14+/m1/s1. The monoisotopic (exact) mass is 309 g/mol. The molecule has 4 fully saturated rings. The van der Waals surface area contributed by atoms with Crippen LogP contribution in [0, 0.1) is 5.92 Å². The van der Waals surface area contributed by atoms with Crippen LogP contribution in [0.2, 0.25) is 25.2 Å². The number of rotatable bonds is 1. The summed E-state index contributed by atoms with van der Waals surface area (Å²) in [7, 11) is -1.24. The van der Waals surface area contributed by atoms with Gasteiger partial charge in [-0.25, -0.2) is 0 Å². The van der Waals surface area contributed by atoms with E-state index in [0.29, 0.717) is 11.5 Å². The van der Waals surface area contributed by atoms with Gasteiger partial charge in [0.15, 0.2) is 5.72 Å². The summed E-state index contributed by atoms with van der Waals surface area (Å²) < 4.78 is 5.86. The van der Waals surface area contributed by atoms with Gasteiger partial charge in [0.1, 0.15) is 6.04 Å². The molecule has 0 bridgehead atoms. The maximum absolute atomic E-state index is 12.5. The zero-order valence-corrected chi connectivity index (χ0v) is 14.4. The smallest absolute Gasteiger partial charge is 0.328 e. The molecule has 4 rings (SSSR count). The Morgan fingerprint density at radius 2 is 1.86 bits per heavy atom. The fourth-order valence-corrected chi connectivity index (χ4v) is 7.45. The Morgan fingerprint density at radius 3 is 2.52 bits per heavy atom. The predicted molar refractivity (Wildman–Crippen MR) is 82.2 cm³/mol. The Labute approximate surface area is 128 Å². The first-order valence-electron chi connectivity index (χ1n) is 8.61. The molecule has 2 saturated carbocycles. The van der Waals surface area contributed by atoms with Gasteiger partial charge in [0.2, 0.25) is 0 Å². The summed E-state index contributed by atoms with van der Waals surface area (Å²) in [5.41, 5.74) is 0.260. The number of esters is 1. The summed E-state index contributed by atoms with van der Waals surface area (Å²) in [4.78, 5) is 18.9. The third-order valence-corrected chi connectivity index (χ3v) is 9.05. The van der Waals surface area contributed by atoms with Crippen LogP contribution in [-0.4, -0.2) is 37.0 Å². The van der Waals surface area contributed by atoms with E-state index in [9.17, 15) is 4.79 Å². The average Bonchev–Trinajstić information content (AvgIpc) is 3.01. The van der Waals surface area contributed by atoms with Crippen LogP contribution in [0.1, 0.15) is 44.9 Å². The van der Waals surface area contributed by atoms with Crippen molar-refractivity contribution in [2.75, 3.05) is 0 Å². The number of carbonyl (C=O) groups excluding carboxylic acids is 1. The number of carbonyl (C=O) groups is 1. The van der Waals surface area contributed by atoms with Gasteiger partial charge in [0, 0.05) is 18.8 Å². The quantitative estimate of drug-likeness (QED) is 0.550. The molecule has 4 atom stereocenters. The highest BCUT2D eigenvalue weighted by molar-refractivity contribution is 6.77. The van der Waals surface area contributed by atoms with Crippen molar-refractivity contribution < 1.29 is 14.4 Å². The van der Waals surface area contributed by atoms with E-state index in [4.69, 9.17) is 9.57 Å². The Bertz CT molecular complexity index is 455. The van der Waals surface area contributed by atoms with Gasteiger partial charge in [-0.1, -0.05) is 26.1 Å².